The number of carbonyl (C=O) groups is 1. The van der Waals surface area contributed by atoms with Crippen LogP contribution in [0.2, 0.25) is 0 Å². The lowest BCUT2D eigenvalue weighted by Crippen LogP contribution is -2.16. The summed E-state index contributed by atoms with van der Waals surface area (Å²) < 4.78 is 20.9. The molecule has 0 unspecified atom stereocenters. The van der Waals surface area contributed by atoms with E-state index >= 15 is 0 Å². The van der Waals surface area contributed by atoms with Crippen molar-refractivity contribution in [3.8, 4) is 22.0 Å². The first kappa shape index (κ1) is 18.7. The minimum atomic E-state index is -0.326. The lowest BCUT2D eigenvalue weighted by Gasteiger charge is -2.06. The molecule has 0 saturated carbocycles. The van der Waals surface area contributed by atoms with Gasteiger partial charge in [0, 0.05) is 17.1 Å². The number of benzene rings is 1. The van der Waals surface area contributed by atoms with Gasteiger partial charge in [-0.1, -0.05) is 6.07 Å². The molecule has 9 heteroatoms. The van der Waals surface area contributed by atoms with Crippen molar-refractivity contribution >= 4 is 39.4 Å². The Hall–Kier alpha value is -3.30. The number of fused-ring (bicyclic) bond motifs is 1. The molecule has 0 spiro atoms. The van der Waals surface area contributed by atoms with Crippen molar-refractivity contribution in [3.05, 3.63) is 70.6 Å². The van der Waals surface area contributed by atoms with Crippen molar-refractivity contribution in [2.75, 3.05) is 5.32 Å². The number of nitrogens with zero attached hydrogens (tertiary/aromatic N) is 3. The number of aromatic nitrogens is 3. The number of halogens is 1. The Morgan fingerprint density at radius 2 is 2.00 bits per heavy atom. The monoisotopic (exact) mass is 438 g/mol. The number of amides is 1. The number of rotatable bonds is 5. The molecule has 0 aliphatic carbocycles. The first-order valence-corrected chi connectivity index (χ1v) is 10.9. The molecule has 6 nitrogen and oxygen atoms in total. The zero-order valence-corrected chi connectivity index (χ0v) is 17.4. The topological polar surface area (TPSA) is 72.4 Å². The fourth-order valence-corrected chi connectivity index (χ4v) is 4.50. The predicted octanol–water partition coefficient (Wildman–Crippen LogP) is 5.41. The van der Waals surface area contributed by atoms with E-state index in [4.69, 9.17) is 4.42 Å². The largest absolute Gasteiger partial charge is 0.440 e. The zero-order valence-electron chi connectivity index (χ0n) is 15.8. The van der Waals surface area contributed by atoms with E-state index in [9.17, 15) is 9.18 Å². The Labute approximate surface area is 178 Å². The van der Waals surface area contributed by atoms with E-state index in [1.807, 2.05) is 33.5 Å². The fraction of sp³-hybridized carbons (Fsp3) is 0.0952. The van der Waals surface area contributed by atoms with Crippen LogP contribution in [0.1, 0.15) is 11.5 Å². The number of carbonyl (C=O) groups excluding carboxylic acids is 1. The number of hydrogen-bond donors (Lipinski definition) is 1. The van der Waals surface area contributed by atoms with Gasteiger partial charge in [0.25, 0.3) is 0 Å². The molecule has 0 bridgehead atoms. The highest BCUT2D eigenvalue weighted by atomic mass is 32.1. The second-order valence-corrected chi connectivity index (χ2v) is 8.42. The quantitative estimate of drug-likeness (QED) is 0.398. The predicted molar refractivity (Wildman–Crippen MR) is 115 cm³/mol. The van der Waals surface area contributed by atoms with Crippen molar-refractivity contribution in [2.45, 2.75) is 13.3 Å². The van der Waals surface area contributed by atoms with Gasteiger partial charge >= 0.3 is 0 Å². The SMILES string of the molecule is Cc1oc(-c2cccs2)nc1CC(=O)Nc1c(-c2ccc(F)cc2)nc2sccn12. The number of aryl methyl sites for hydroxylation is 1. The third-order valence-electron chi connectivity index (χ3n) is 4.59. The molecule has 0 aliphatic rings. The molecule has 4 aromatic heterocycles. The molecule has 5 aromatic rings. The Morgan fingerprint density at radius 3 is 2.77 bits per heavy atom. The van der Waals surface area contributed by atoms with Gasteiger partial charge in [0.1, 0.15) is 23.1 Å². The summed E-state index contributed by atoms with van der Waals surface area (Å²) in [5.41, 5.74) is 1.90. The van der Waals surface area contributed by atoms with E-state index in [1.54, 1.807) is 19.1 Å². The summed E-state index contributed by atoms with van der Waals surface area (Å²) in [5.74, 6) is 1.11. The van der Waals surface area contributed by atoms with Gasteiger partial charge in [0.2, 0.25) is 11.8 Å². The van der Waals surface area contributed by atoms with E-state index in [-0.39, 0.29) is 18.1 Å². The van der Waals surface area contributed by atoms with Gasteiger partial charge < -0.3 is 9.73 Å². The lowest BCUT2D eigenvalue weighted by atomic mass is 10.1. The van der Waals surface area contributed by atoms with Crippen molar-refractivity contribution < 1.29 is 13.6 Å². The number of oxazole rings is 1. The van der Waals surface area contributed by atoms with Gasteiger partial charge in [-0.25, -0.2) is 14.4 Å². The Balaban J connectivity index is 1.43. The van der Waals surface area contributed by atoms with Crippen LogP contribution in [0.3, 0.4) is 0 Å². The standard InChI is InChI=1S/C21H15FN4O2S2/c1-12-15(23-20(28-12)16-3-2-9-29-16)11-17(27)24-19-18(13-4-6-14(22)7-5-13)25-21-26(19)8-10-30-21/h2-10H,11H2,1H3,(H,24,27). The maximum absolute atomic E-state index is 13.3. The number of thiazole rings is 1. The van der Waals surface area contributed by atoms with E-state index in [0.717, 1.165) is 15.4 Å². The highest BCUT2D eigenvalue weighted by molar-refractivity contribution is 7.15. The highest BCUT2D eigenvalue weighted by Gasteiger charge is 2.20. The van der Waals surface area contributed by atoms with Gasteiger partial charge in [-0.3, -0.25) is 9.20 Å². The number of thiophene rings is 1. The number of anilines is 1. The normalized spacial score (nSPS) is 11.3. The van der Waals surface area contributed by atoms with Gasteiger partial charge in [0.05, 0.1) is 17.0 Å². The lowest BCUT2D eigenvalue weighted by molar-refractivity contribution is -0.115. The van der Waals surface area contributed by atoms with Crippen molar-refractivity contribution in [2.24, 2.45) is 0 Å². The minimum absolute atomic E-state index is 0.0704. The van der Waals surface area contributed by atoms with E-state index in [1.165, 1.54) is 34.8 Å². The van der Waals surface area contributed by atoms with Crippen molar-refractivity contribution in [1.29, 1.82) is 0 Å². The molecule has 1 N–H and O–H groups in total. The maximum Gasteiger partial charge on any atom is 0.236 e. The van der Waals surface area contributed by atoms with Crippen LogP contribution < -0.4 is 5.32 Å². The molecule has 0 saturated heterocycles. The molecular weight excluding hydrogens is 423 g/mol. The summed E-state index contributed by atoms with van der Waals surface area (Å²) in [5, 5.41) is 6.79. The average Bonchev–Trinajstić information content (AvgIpc) is 3.50. The third kappa shape index (κ3) is 3.42. The van der Waals surface area contributed by atoms with Crippen molar-refractivity contribution in [3.63, 3.8) is 0 Å². The van der Waals surface area contributed by atoms with Gasteiger partial charge in [-0.05, 0) is 42.6 Å². The first-order valence-electron chi connectivity index (χ1n) is 9.10. The Kier molecular flexibility index (Phi) is 4.68. The molecule has 4 heterocycles. The number of nitrogens with one attached hydrogen (secondary N) is 1. The second-order valence-electron chi connectivity index (χ2n) is 6.60. The molecule has 0 atom stereocenters. The molecule has 5 rings (SSSR count). The van der Waals surface area contributed by atoms with Crippen molar-refractivity contribution in [1.82, 2.24) is 14.4 Å². The highest BCUT2D eigenvalue weighted by Crippen LogP contribution is 2.31. The van der Waals surface area contributed by atoms with Gasteiger partial charge in [-0.15, -0.1) is 22.7 Å². The average molecular weight is 439 g/mol. The third-order valence-corrected chi connectivity index (χ3v) is 6.20. The summed E-state index contributed by atoms with van der Waals surface area (Å²) >= 11 is 2.99. The van der Waals surface area contributed by atoms with Crippen LogP contribution >= 0.6 is 22.7 Å². The molecule has 150 valence electrons. The summed E-state index contributed by atoms with van der Waals surface area (Å²) in [4.78, 5) is 23.6. The maximum atomic E-state index is 13.3. The minimum Gasteiger partial charge on any atom is -0.440 e. The van der Waals surface area contributed by atoms with Gasteiger partial charge in [0.15, 0.2) is 4.96 Å². The van der Waals surface area contributed by atoms with E-state index < -0.39 is 0 Å². The van der Waals surface area contributed by atoms with Crippen LogP contribution in [-0.4, -0.2) is 20.3 Å². The summed E-state index contributed by atoms with van der Waals surface area (Å²) in [6, 6.07) is 9.89. The van der Waals surface area contributed by atoms with Crippen LogP contribution in [0, 0.1) is 12.7 Å². The molecular formula is C21H15FN4O2S2. The number of imidazole rings is 1. The van der Waals surface area contributed by atoms with Crippen LogP contribution in [0.15, 0.2) is 57.8 Å². The van der Waals surface area contributed by atoms with Crippen LogP contribution in [0.4, 0.5) is 10.2 Å². The smallest absolute Gasteiger partial charge is 0.236 e. The number of hydrogen-bond acceptors (Lipinski definition) is 6. The second kappa shape index (κ2) is 7.51. The molecule has 1 aromatic carbocycles. The summed E-state index contributed by atoms with van der Waals surface area (Å²) in [6.07, 6.45) is 1.91. The molecule has 0 fully saturated rings. The molecule has 30 heavy (non-hydrogen) atoms. The van der Waals surface area contributed by atoms with Gasteiger partial charge in [-0.2, -0.15) is 0 Å². The molecule has 1 amide bonds. The molecule has 0 aliphatic heterocycles. The molecule has 0 radical (unpaired) electrons. The van der Waals surface area contributed by atoms with Crippen LogP contribution in [0.5, 0.6) is 0 Å². The summed E-state index contributed by atoms with van der Waals surface area (Å²) in [7, 11) is 0. The van der Waals surface area contributed by atoms with E-state index in [0.29, 0.717) is 28.9 Å². The fourth-order valence-electron chi connectivity index (χ4n) is 3.14. The van der Waals surface area contributed by atoms with Crippen LogP contribution in [-0.2, 0) is 11.2 Å². The zero-order chi connectivity index (χ0) is 20.7. The summed E-state index contributed by atoms with van der Waals surface area (Å²) in [6.45, 7) is 1.80. The Bertz CT molecular complexity index is 1330. The Morgan fingerprint density at radius 1 is 1.17 bits per heavy atom. The van der Waals surface area contributed by atoms with E-state index in [2.05, 4.69) is 15.3 Å². The first-order chi connectivity index (χ1) is 14.6. The van der Waals surface area contributed by atoms with Crippen LogP contribution in [0.25, 0.3) is 27.0 Å².